The van der Waals surface area contributed by atoms with E-state index in [0.29, 0.717) is 13.2 Å². The number of rotatable bonds is 4. The highest BCUT2D eigenvalue weighted by atomic mass is 32.2. The van der Waals surface area contributed by atoms with Crippen molar-refractivity contribution in [1.29, 1.82) is 0 Å². The molecule has 0 saturated carbocycles. The van der Waals surface area contributed by atoms with Crippen LogP contribution in [0.5, 0.6) is 11.5 Å². The molecule has 1 aliphatic heterocycles. The van der Waals surface area contributed by atoms with Gasteiger partial charge in [-0.1, -0.05) is 35.7 Å². The zero-order chi connectivity index (χ0) is 14.1. The van der Waals surface area contributed by atoms with Crippen LogP contribution in [0.1, 0.15) is 0 Å². The highest BCUT2D eigenvalue weighted by molar-refractivity contribution is 8.05. The first-order valence-corrected chi connectivity index (χ1v) is 10.5. The molecule has 3 aromatic heterocycles. The lowest BCUT2D eigenvalue weighted by molar-refractivity contribution is 0.166. The van der Waals surface area contributed by atoms with Crippen LogP contribution in [0.4, 0.5) is 0 Å². The van der Waals surface area contributed by atoms with Crippen LogP contribution < -0.4 is 9.47 Å². The van der Waals surface area contributed by atoms with E-state index in [2.05, 4.69) is 35.0 Å². The van der Waals surface area contributed by atoms with Crippen LogP contribution >= 0.6 is 57.5 Å². The van der Waals surface area contributed by atoms with Gasteiger partial charge in [0.05, 0.1) is 8.42 Å². The Bertz CT molecular complexity index is 654. The van der Waals surface area contributed by atoms with Gasteiger partial charge in [0.15, 0.2) is 11.5 Å². The van der Waals surface area contributed by atoms with E-state index < -0.39 is 0 Å². The lowest BCUT2D eigenvalue weighted by atomic mass is 10.5. The van der Waals surface area contributed by atoms with Crippen LogP contribution in [0.2, 0.25) is 0 Å². The predicted molar refractivity (Wildman–Crippen MR) is 92.2 cm³/mol. The van der Waals surface area contributed by atoms with Crippen molar-refractivity contribution in [1.82, 2.24) is 0 Å². The summed E-state index contributed by atoms with van der Waals surface area (Å²) in [7, 11) is 0. The molecule has 0 saturated heterocycles. The number of hydrogen-bond donors (Lipinski definition) is 0. The quantitative estimate of drug-likeness (QED) is 0.565. The number of fused-ring (bicyclic) bond motifs is 1. The number of ether oxygens (including phenoxy) is 2. The fourth-order valence-corrected chi connectivity index (χ4v) is 7.63. The zero-order valence-electron chi connectivity index (χ0n) is 10.7. The molecular weight excluding hydrogens is 360 g/mol. The number of thiophene rings is 3. The highest BCUT2D eigenvalue weighted by Gasteiger charge is 2.26. The zero-order valence-corrected chi connectivity index (χ0v) is 14.8. The Labute approximate surface area is 143 Å². The third kappa shape index (κ3) is 2.98. The fraction of sp³-hybridized carbons (Fsp3) is 0.143. The molecule has 4 heterocycles. The summed E-state index contributed by atoms with van der Waals surface area (Å²) < 4.78 is 16.7. The third-order valence-corrected chi connectivity index (χ3v) is 8.27. The molecule has 0 atom stereocenters. The molecule has 0 amide bonds. The van der Waals surface area contributed by atoms with E-state index in [0.717, 1.165) is 11.5 Å². The molecular formula is C14H10O2S5. The van der Waals surface area contributed by atoms with Crippen molar-refractivity contribution in [2.45, 2.75) is 16.8 Å². The molecule has 0 aliphatic carbocycles. The second-order valence-electron chi connectivity index (χ2n) is 4.10. The summed E-state index contributed by atoms with van der Waals surface area (Å²) in [5, 5.41) is 4.20. The van der Waals surface area contributed by atoms with Crippen molar-refractivity contribution in [3.63, 3.8) is 0 Å². The number of hydrogen-bond acceptors (Lipinski definition) is 7. The second-order valence-corrected chi connectivity index (χ2v) is 10.2. The van der Waals surface area contributed by atoms with E-state index in [-0.39, 0.29) is 0 Å². The van der Waals surface area contributed by atoms with Gasteiger partial charge in [-0.2, -0.15) is 0 Å². The Hall–Kier alpha value is -0.600. The van der Waals surface area contributed by atoms with Crippen molar-refractivity contribution >= 4 is 57.5 Å². The van der Waals surface area contributed by atoms with Crippen LogP contribution in [0.3, 0.4) is 0 Å². The lowest BCUT2D eigenvalue weighted by Crippen LogP contribution is -2.14. The normalized spacial score (nSPS) is 13.5. The van der Waals surface area contributed by atoms with Crippen molar-refractivity contribution in [3.8, 4) is 11.5 Å². The molecule has 0 N–H and O–H groups in total. The molecule has 108 valence electrons. The molecule has 21 heavy (non-hydrogen) atoms. The van der Waals surface area contributed by atoms with E-state index in [1.807, 2.05) is 0 Å². The average Bonchev–Trinajstić information content (AvgIpc) is 3.23. The summed E-state index contributed by atoms with van der Waals surface area (Å²) in [6.07, 6.45) is 0. The fourth-order valence-electron chi connectivity index (χ4n) is 1.86. The van der Waals surface area contributed by atoms with Crippen LogP contribution in [0, 0.1) is 0 Å². The lowest BCUT2D eigenvalue weighted by Gasteiger charge is -2.16. The van der Waals surface area contributed by atoms with Gasteiger partial charge in [-0.3, -0.25) is 0 Å². The van der Waals surface area contributed by atoms with Crippen molar-refractivity contribution in [2.75, 3.05) is 13.2 Å². The molecule has 0 unspecified atom stereocenters. The van der Waals surface area contributed by atoms with Crippen molar-refractivity contribution < 1.29 is 9.47 Å². The molecule has 0 radical (unpaired) electrons. The van der Waals surface area contributed by atoms with E-state index in [9.17, 15) is 0 Å². The Morgan fingerprint density at radius 2 is 1.33 bits per heavy atom. The Balaban J connectivity index is 1.68. The Morgan fingerprint density at radius 3 is 1.76 bits per heavy atom. The Morgan fingerprint density at radius 1 is 0.810 bits per heavy atom. The van der Waals surface area contributed by atoms with Crippen LogP contribution in [-0.4, -0.2) is 13.2 Å². The van der Waals surface area contributed by atoms with E-state index >= 15 is 0 Å². The summed E-state index contributed by atoms with van der Waals surface area (Å²) >= 11 is 8.79. The largest absolute Gasteiger partial charge is 0.484 e. The first-order chi connectivity index (χ1) is 10.4. The van der Waals surface area contributed by atoms with Gasteiger partial charge in [-0.15, -0.1) is 34.0 Å². The average molecular weight is 371 g/mol. The third-order valence-electron chi connectivity index (χ3n) is 2.72. The summed E-state index contributed by atoms with van der Waals surface area (Å²) in [4.78, 5) is 0. The van der Waals surface area contributed by atoms with E-state index in [1.54, 1.807) is 57.5 Å². The van der Waals surface area contributed by atoms with E-state index in [1.165, 1.54) is 16.8 Å². The summed E-state index contributed by atoms with van der Waals surface area (Å²) in [6, 6.07) is 8.42. The van der Waals surface area contributed by atoms with Crippen LogP contribution in [-0.2, 0) is 0 Å². The minimum absolute atomic E-state index is 0.630. The highest BCUT2D eigenvalue weighted by Crippen LogP contribution is 2.56. The van der Waals surface area contributed by atoms with Crippen LogP contribution in [0.25, 0.3) is 0 Å². The van der Waals surface area contributed by atoms with Gasteiger partial charge in [0.25, 0.3) is 0 Å². The molecule has 3 aromatic rings. The van der Waals surface area contributed by atoms with Gasteiger partial charge >= 0.3 is 0 Å². The van der Waals surface area contributed by atoms with Gasteiger partial charge in [-0.05, 0) is 22.9 Å². The minimum Gasteiger partial charge on any atom is -0.484 e. The SMILES string of the molecule is c1csc(Sc2sc(Sc3cccs3)c3c2OCCO3)c1. The monoisotopic (exact) mass is 370 g/mol. The van der Waals surface area contributed by atoms with Gasteiger partial charge in [0.1, 0.15) is 21.6 Å². The van der Waals surface area contributed by atoms with Gasteiger partial charge in [0, 0.05) is 0 Å². The summed E-state index contributed by atoms with van der Waals surface area (Å²) in [5.74, 6) is 1.84. The predicted octanol–water partition coefficient (Wildman–Crippen LogP) is 5.94. The first-order valence-electron chi connectivity index (χ1n) is 6.25. The minimum atomic E-state index is 0.630. The summed E-state index contributed by atoms with van der Waals surface area (Å²) in [6.45, 7) is 1.26. The standard InChI is InChI=1S/C14H10O2S5/c1-3-9(17-7-1)19-13-11-12(16-6-5-15-11)14(21-13)20-10-4-2-8-18-10/h1-4,7-8H,5-6H2. The molecule has 7 heteroatoms. The maximum absolute atomic E-state index is 5.86. The van der Waals surface area contributed by atoms with Crippen molar-refractivity contribution in [3.05, 3.63) is 35.0 Å². The second kappa shape index (κ2) is 6.26. The smallest absolute Gasteiger partial charge is 0.187 e. The summed E-state index contributed by atoms with van der Waals surface area (Å²) in [5.41, 5.74) is 0. The van der Waals surface area contributed by atoms with Crippen molar-refractivity contribution in [2.24, 2.45) is 0 Å². The molecule has 0 fully saturated rings. The molecule has 0 spiro atoms. The van der Waals surface area contributed by atoms with Crippen LogP contribution in [0.15, 0.2) is 51.9 Å². The molecule has 4 rings (SSSR count). The maximum atomic E-state index is 5.86. The molecule has 0 bridgehead atoms. The van der Waals surface area contributed by atoms with Gasteiger partial charge in [-0.25, -0.2) is 0 Å². The molecule has 0 aromatic carbocycles. The first kappa shape index (κ1) is 14.0. The molecule has 2 nitrogen and oxygen atoms in total. The van der Waals surface area contributed by atoms with Gasteiger partial charge < -0.3 is 9.47 Å². The topological polar surface area (TPSA) is 18.5 Å². The maximum Gasteiger partial charge on any atom is 0.187 e. The molecule has 1 aliphatic rings. The Kier molecular flexibility index (Phi) is 4.18. The van der Waals surface area contributed by atoms with E-state index in [4.69, 9.17) is 9.47 Å². The van der Waals surface area contributed by atoms with Gasteiger partial charge in [0.2, 0.25) is 0 Å².